The summed E-state index contributed by atoms with van der Waals surface area (Å²) in [6.07, 6.45) is 1.61. The fourth-order valence-corrected chi connectivity index (χ4v) is 3.19. The van der Waals surface area contributed by atoms with Crippen molar-refractivity contribution in [1.29, 1.82) is 0 Å². The maximum absolute atomic E-state index is 12.2. The van der Waals surface area contributed by atoms with Crippen molar-refractivity contribution in [3.05, 3.63) is 51.0 Å². The summed E-state index contributed by atoms with van der Waals surface area (Å²) in [6.45, 7) is 6.48. The molecule has 0 fully saturated rings. The zero-order valence-electron chi connectivity index (χ0n) is 11.9. The van der Waals surface area contributed by atoms with Crippen molar-refractivity contribution >= 4 is 17.2 Å². The molecule has 0 aliphatic rings. The Morgan fingerprint density at radius 1 is 1.45 bits per heavy atom. The van der Waals surface area contributed by atoms with Gasteiger partial charge in [0.05, 0.1) is 11.7 Å². The molecule has 1 amide bonds. The van der Waals surface area contributed by atoms with Crippen molar-refractivity contribution in [2.45, 2.75) is 33.4 Å². The highest BCUT2D eigenvalue weighted by atomic mass is 32.1. The summed E-state index contributed by atoms with van der Waals surface area (Å²) in [7, 11) is 0. The van der Waals surface area contributed by atoms with Crippen LogP contribution in [0.15, 0.2) is 24.4 Å². The van der Waals surface area contributed by atoms with E-state index in [2.05, 4.69) is 30.2 Å². The van der Waals surface area contributed by atoms with Crippen LogP contribution in [0.2, 0.25) is 0 Å². The summed E-state index contributed by atoms with van der Waals surface area (Å²) in [6, 6.07) is 5.55. The number of pyridine rings is 1. The minimum Gasteiger partial charge on any atom is -0.345 e. The van der Waals surface area contributed by atoms with E-state index in [0.717, 1.165) is 0 Å². The highest BCUT2D eigenvalue weighted by molar-refractivity contribution is 7.12. The first-order valence-corrected chi connectivity index (χ1v) is 7.35. The molecule has 4 nitrogen and oxygen atoms in total. The lowest BCUT2D eigenvalue weighted by molar-refractivity contribution is 0.0939. The molecule has 1 atom stereocenters. The van der Waals surface area contributed by atoms with Crippen LogP contribution in [0.3, 0.4) is 0 Å². The molecule has 1 unspecified atom stereocenters. The molecule has 0 spiro atoms. The molecule has 0 aliphatic carbocycles. The van der Waals surface area contributed by atoms with E-state index in [9.17, 15) is 4.79 Å². The van der Waals surface area contributed by atoms with Gasteiger partial charge < -0.3 is 11.1 Å². The summed E-state index contributed by atoms with van der Waals surface area (Å²) >= 11 is 1.75. The van der Waals surface area contributed by atoms with E-state index in [4.69, 9.17) is 5.73 Å². The van der Waals surface area contributed by atoms with E-state index in [1.54, 1.807) is 29.7 Å². The fourth-order valence-electron chi connectivity index (χ4n) is 2.17. The molecule has 0 saturated heterocycles. The first kappa shape index (κ1) is 14.7. The second kappa shape index (κ2) is 6.15. The molecule has 20 heavy (non-hydrogen) atoms. The Labute approximate surface area is 123 Å². The number of aromatic nitrogens is 1. The van der Waals surface area contributed by atoms with Gasteiger partial charge in [-0.25, -0.2) is 0 Å². The van der Waals surface area contributed by atoms with Gasteiger partial charge in [-0.1, -0.05) is 0 Å². The second-order valence-electron chi connectivity index (χ2n) is 4.80. The number of nitrogens with one attached hydrogen (secondary N) is 1. The molecular formula is C15H19N3OS. The predicted molar refractivity (Wildman–Crippen MR) is 81.8 cm³/mol. The van der Waals surface area contributed by atoms with E-state index in [1.165, 1.54) is 15.3 Å². The molecule has 3 N–H and O–H groups in total. The highest BCUT2D eigenvalue weighted by Crippen LogP contribution is 2.26. The number of thiophene rings is 1. The number of aryl methyl sites for hydroxylation is 2. The Bertz CT molecular complexity index is 621. The third-order valence-corrected chi connectivity index (χ3v) is 4.16. The maximum atomic E-state index is 12.2. The Hall–Kier alpha value is -1.72. The van der Waals surface area contributed by atoms with E-state index >= 15 is 0 Å². The maximum Gasteiger partial charge on any atom is 0.251 e. The Morgan fingerprint density at radius 3 is 2.80 bits per heavy atom. The highest BCUT2D eigenvalue weighted by Gasteiger charge is 2.15. The number of carbonyl (C=O) groups is 1. The minimum atomic E-state index is -0.0992. The lowest BCUT2D eigenvalue weighted by Gasteiger charge is -2.14. The van der Waals surface area contributed by atoms with Gasteiger partial charge in [0.2, 0.25) is 0 Å². The molecule has 0 aliphatic heterocycles. The molecule has 106 valence electrons. The number of rotatable bonds is 4. The van der Waals surface area contributed by atoms with Crippen LogP contribution in [0, 0.1) is 13.8 Å². The van der Waals surface area contributed by atoms with Crippen LogP contribution in [0.25, 0.3) is 0 Å². The Morgan fingerprint density at radius 2 is 2.20 bits per heavy atom. The standard InChI is InChI=1S/C15H19N3OS/c1-9-6-14(11(3)20-9)10(2)18-15(19)12-4-5-17-13(7-12)8-16/h4-7,10H,8,16H2,1-3H3,(H,18,19). The first-order chi connectivity index (χ1) is 9.51. The quantitative estimate of drug-likeness (QED) is 0.909. The molecular weight excluding hydrogens is 270 g/mol. The Kier molecular flexibility index (Phi) is 4.52. The predicted octanol–water partition coefficient (Wildman–Crippen LogP) is 2.71. The molecule has 0 bridgehead atoms. The molecule has 5 heteroatoms. The van der Waals surface area contributed by atoms with Crippen LogP contribution in [0.1, 0.15) is 44.3 Å². The van der Waals surface area contributed by atoms with Gasteiger partial charge in [-0.2, -0.15) is 0 Å². The van der Waals surface area contributed by atoms with E-state index in [-0.39, 0.29) is 11.9 Å². The molecule has 2 aromatic rings. The summed E-state index contributed by atoms with van der Waals surface area (Å²) in [4.78, 5) is 18.8. The number of hydrogen-bond acceptors (Lipinski definition) is 4. The van der Waals surface area contributed by atoms with Crippen molar-refractivity contribution in [2.24, 2.45) is 5.73 Å². The average molecular weight is 289 g/mol. The first-order valence-electron chi connectivity index (χ1n) is 6.54. The summed E-state index contributed by atoms with van der Waals surface area (Å²) in [5, 5.41) is 3.02. The number of amides is 1. The fraction of sp³-hybridized carbons (Fsp3) is 0.333. The number of nitrogens with zero attached hydrogens (tertiary/aromatic N) is 1. The van der Waals surface area contributed by atoms with Crippen molar-refractivity contribution in [2.75, 3.05) is 0 Å². The molecule has 2 rings (SSSR count). The normalized spacial score (nSPS) is 12.2. The van der Waals surface area contributed by atoms with E-state index in [0.29, 0.717) is 17.8 Å². The number of nitrogens with two attached hydrogens (primary N) is 1. The topological polar surface area (TPSA) is 68.0 Å². The third kappa shape index (κ3) is 3.23. The molecule has 0 aromatic carbocycles. The molecule has 2 aromatic heterocycles. The summed E-state index contributed by atoms with van der Waals surface area (Å²) in [5.41, 5.74) is 8.03. The van der Waals surface area contributed by atoms with Gasteiger partial charge in [-0.3, -0.25) is 9.78 Å². The van der Waals surface area contributed by atoms with Crippen molar-refractivity contribution in [3.8, 4) is 0 Å². The molecule has 0 saturated carbocycles. The van der Waals surface area contributed by atoms with Gasteiger partial charge in [-0.05, 0) is 44.5 Å². The van der Waals surface area contributed by atoms with Gasteiger partial charge in [-0.15, -0.1) is 11.3 Å². The van der Waals surface area contributed by atoms with Crippen LogP contribution in [0.5, 0.6) is 0 Å². The van der Waals surface area contributed by atoms with Gasteiger partial charge >= 0.3 is 0 Å². The van der Waals surface area contributed by atoms with Crippen LogP contribution >= 0.6 is 11.3 Å². The van der Waals surface area contributed by atoms with E-state index < -0.39 is 0 Å². The minimum absolute atomic E-state index is 0.0121. The largest absolute Gasteiger partial charge is 0.345 e. The SMILES string of the molecule is Cc1cc(C(C)NC(=O)c2ccnc(CN)c2)c(C)s1. The van der Waals surface area contributed by atoms with Crippen molar-refractivity contribution < 1.29 is 4.79 Å². The van der Waals surface area contributed by atoms with Gasteiger partial charge in [0.1, 0.15) is 0 Å². The summed E-state index contributed by atoms with van der Waals surface area (Å²) in [5.74, 6) is -0.0992. The lowest BCUT2D eigenvalue weighted by Crippen LogP contribution is -2.27. The smallest absolute Gasteiger partial charge is 0.251 e. The van der Waals surface area contributed by atoms with Crippen LogP contribution in [-0.2, 0) is 6.54 Å². The van der Waals surface area contributed by atoms with Gasteiger partial charge in [0.15, 0.2) is 0 Å². The number of hydrogen-bond donors (Lipinski definition) is 2. The van der Waals surface area contributed by atoms with Crippen LogP contribution in [0.4, 0.5) is 0 Å². The van der Waals surface area contributed by atoms with Gasteiger partial charge in [0.25, 0.3) is 5.91 Å². The van der Waals surface area contributed by atoms with E-state index in [1.807, 2.05) is 6.92 Å². The third-order valence-electron chi connectivity index (χ3n) is 3.18. The average Bonchev–Trinajstić information content (AvgIpc) is 2.77. The Balaban J connectivity index is 2.12. The summed E-state index contributed by atoms with van der Waals surface area (Å²) < 4.78 is 0. The van der Waals surface area contributed by atoms with Crippen molar-refractivity contribution in [3.63, 3.8) is 0 Å². The van der Waals surface area contributed by atoms with Crippen LogP contribution in [-0.4, -0.2) is 10.9 Å². The lowest BCUT2D eigenvalue weighted by atomic mass is 10.1. The monoisotopic (exact) mass is 289 g/mol. The zero-order valence-corrected chi connectivity index (χ0v) is 12.8. The molecule has 0 radical (unpaired) electrons. The van der Waals surface area contributed by atoms with Crippen molar-refractivity contribution in [1.82, 2.24) is 10.3 Å². The van der Waals surface area contributed by atoms with Gasteiger partial charge in [0, 0.05) is 28.1 Å². The second-order valence-corrected chi connectivity index (χ2v) is 6.26. The molecule has 2 heterocycles. The zero-order chi connectivity index (χ0) is 14.7. The van der Waals surface area contributed by atoms with Crippen LogP contribution < -0.4 is 11.1 Å². The number of carbonyl (C=O) groups excluding carboxylic acids is 1.